The Hall–Kier alpha value is -0.370. The van der Waals surface area contributed by atoms with Crippen molar-refractivity contribution in [1.82, 2.24) is 4.90 Å². The first-order chi connectivity index (χ1) is 3.84. The molecule has 1 atom stereocenters. The van der Waals surface area contributed by atoms with Crippen molar-refractivity contribution in [3.05, 3.63) is 0 Å². The van der Waals surface area contributed by atoms with Crippen molar-refractivity contribution in [1.29, 1.82) is 0 Å². The molecule has 8 heavy (non-hydrogen) atoms. The average Bonchev–Trinajstić information content (AvgIpc) is 2.45. The number of carbonyl (C=O) groups is 1. The van der Waals surface area contributed by atoms with E-state index in [2.05, 4.69) is 11.8 Å². The van der Waals surface area contributed by atoms with Crippen LogP contribution < -0.4 is 0 Å². The van der Waals surface area contributed by atoms with Crippen molar-refractivity contribution >= 4 is 6.29 Å². The summed E-state index contributed by atoms with van der Waals surface area (Å²) in [5, 5.41) is 0. The zero-order chi connectivity index (χ0) is 5.98. The molecule has 2 nitrogen and oxygen atoms in total. The van der Waals surface area contributed by atoms with E-state index in [1.54, 1.807) is 0 Å². The van der Waals surface area contributed by atoms with Crippen molar-refractivity contribution in [3.8, 4) is 0 Å². The van der Waals surface area contributed by atoms with Gasteiger partial charge in [0.05, 0.1) is 0 Å². The fourth-order valence-corrected chi connectivity index (χ4v) is 0.787. The highest BCUT2D eigenvalue weighted by Gasteiger charge is 2.22. The Bertz CT molecular complexity index is 88.5. The molecule has 1 rings (SSSR count). The molecule has 0 saturated carbocycles. The zero-order valence-corrected chi connectivity index (χ0v) is 5.13. The fraction of sp³-hybridized carbons (Fsp3) is 0.833. The standard InChI is InChI=1S/C6H11NO/c1-6(2-5-8)7-3-4-7/h5-6H,2-4H2,1H3. The van der Waals surface area contributed by atoms with Gasteiger partial charge in [0.15, 0.2) is 0 Å². The molecule has 0 N–H and O–H groups in total. The largest absolute Gasteiger partial charge is 0.303 e. The van der Waals surface area contributed by atoms with Crippen molar-refractivity contribution in [2.75, 3.05) is 13.1 Å². The summed E-state index contributed by atoms with van der Waals surface area (Å²) in [6.45, 7) is 4.46. The van der Waals surface area contributed by atoms with Crippen LogP contribution in [0.25, 0.3) is 0 Å². The highest BCUT2D eigenvalue weighted by atomic mass is 16.1. The van der Waals surface area contributed by atoms with Gasteiger partial charge in [0.25, 0.3) is 0 Å². The number of rotatable bonds is 3. The lowest BCUT2D eigenvalue weighted by Crippen LogP contribution is -2.13. The van der Waals surface area contributed by atoms with E-state index in [4.69, 9.17) is 0 Å². The number of aldehydes is 1. The summed E-state index contributed by atoms with van der Waals surface area (Å²) in [7, 11) is 0. The van der Waals surface area contributed by atoms with Crippen molar-refractivity contribution in [3.63, 3.8) is 0 Å². The molecule has 0 radical (unpaired) electrons. The molecule has 0 aromatic heterocycles. The average molecular weight is 113 g/mol. The van der Waals surface area contributed by atoms with Crippen LogP contribution in [0.2, 0.25) is 0 Å². The molecule has 1 aliphatic rings. The minimum atomic E-state index is 0.493. The third-order valence-corrected chi connectivity index (χ3v) is 1.54. The maximum atomic E-state index is 9.92. The van der Waals surface area contributed by atoms with Gasteiger partial charge in [-0.15, -0.1) is 0 Å². The van der Waals surface area contributed by atoms with Crippen LogP contribution in [0.5, 0.6) is 0 Å². The lowest BCUT2D eigenvalue weighted by atomic mass is 10.3. The van der Waals surface area contributed by atoms with Crippen LogP contribution in [-0.2, 0) is 4.79 Å². The van der Waals surface area contributed by atoms with Gasteiger partial charge in [-0.2, -0.15) is 0 Å². The molecule has 1 unspecified atom stereocenters. The minimum absolute atomic E-state index is 0.493. The molecule has 1 aliphatic heterocycles. The number of nitrogens with zero attached hydrogens (tertiary/aromatic N) is 1. The van der Waals surface area contributed by atoms with Gasteiger partial charge in [-0.05, 0) is 6.92 Å². The SMILES string of the molecule is CC(CC=O)N1CC1. The summed E-state index contributed by atoms with van der Waals surface area (Å²) in [6.07, 6.45) is 1.68. The Labute approximate surface area is 49.5 Å². The van der Waals surface area contributed by atoms with E-state index >= 15 is 0 Å². The number of hydrogen-bond acceptors (Lipinski definition) is 2. The van der Waals surface area contributed by atoms with Gasteiger partial charge < -0.3 is 4.79 Å². The van der Waals surface area contributed by atoms with Gasteiger partial charge in [0, 0.05) is 25.6 Å². The highest BCUT2D eigenvalue weighted by Crippen LogP contribution is 2.10. The first-order valence-electron chi connectivity index (χ1n) is 3.02. The molecule has 0 bridgehead atoms. The number of carbonyl (C=O) groups excluding carboxylic acids is 1. The van der Waals surface area contributed by atoms with E-state index in [0.29, 0.717) is 12.5 Å². The van der Waals surface area contributed by atoms with E-state index in [-0.39, 0.29) is 0 Å². The first kappa shape index (κ1) is 5.76. The van der Waals surface area contributed by atoms with Gasteiger partial charge in [0.1, 0.15) is 6.29 Å². The van der Waals surface area contributed by atoms with Crippen LogP contribution in [0.4, 0.5) is 0 Å². The molecule has 0 aromatic carbocycles. The van der Waals surface area contributed by atoms with Gasteiger partial charge in [0.2, 0.25) is 0 Å². The molecular weight excluding hydrogens is 102 g/mol. The Morgan fingerprint density at radius 3 is 2.75 bits per heavy atom. The molecule has 1 fully saturated rings. The Morgan fingerprint density at radius 1 is 1.75 bits per heavy atom. The monoisotopic (exact) mass is 113 g/mol. The van der Waals surface area contributed by atoms with E-state index in [1.165, 1.54) is 13.1 Å². The Kier molecular flexibility index (Phi) is 1.63. The van der Waals surface area contributed by atoms with E-state index < -0.39 is 0 Å². The van der Waals surface area contributed by atoms with Crippen molar-refractivity contribution in [2.24, 2.45) is 0 Å². The third kappa shape index (κ3) is 1.30. The quantitative estimate of drug-likeness (QED) is 0.387. The zero-order valence-electron chi connectivity index (χ0n) is 5.13. The van der Waals surface area contributed by atoms with Gasteiger partial charge in [-0.25, -0.2) is 0 Å². The van der Waals surface area contributed by atoms with Gasteiger partial charge in [-0.3, -0.25) is 4.90 Å². The lowest BCUT2D eigenvalue weighted by Gasteiger charge is -2.05. The molecule has 46 valence electrons. The smallest absolute Gasteiger partial charge is 0.121 e. The van der Waals surface area contributed by atoms with Crippen LogP contribution in [0.1, 0.15) is 13.3 Å². The second-order valence-corrected chi connectivity index (χ2v) is 2.29. The third-order valence-electron chi connectivity index (χ3n) is 1.54. The van der Waals surface area contributed by atoms with Gasteiger partial charge >= 0.3 is 0 Å². The lowest BCUT2D eigenvalue weighted by molar-refractivity contribution is -0.108. The molecule has 0 spiro atoms. The van der Waals surface area contributed by atoms with Gasteiger partial charge in [-0.1, -0.05) is 0 Å². The second kappa shape index (κ2) is 2.27. The molecule has 2 heteroatoms. The predicted molar refractivity (Wildman–Crippen MR) is 31.7 cm³/mol. The van der Waals surface area contributed by atoms with Crippen LogP contribution in [0.15, 0.2) is 0 Å². The summed E-state index contributed by atoms with van der Waals surface area (Å²) in [5.41, 5.74) is 0. The molecule has 1 saturated heterocycles. The Balaban J connectivity index is 2.12. The minimum Gasteiger partial charge on any atom is -0.303 e. The second-order valence-electron chi connectivity index (χ2n) is 2.29. The van der Waals surface area contributed by atoms with Crippen LogP contribution in [0.3, 0.4) is 0 Å². The highest BCUT2D eigenvalue weighted by molar-refractivity contribution is 5.50. The number of hydrogen-bond donors (Lipinski definition) is 0. The van der Waals surface area contributed by atoms with E-state index in [9.17, 15) is 4.79 Å². The summed E-state index contributed by atoms with van der Waals surface area (Å²) in [6, 6.07) is 0.493. The maximum Gasteiger partial charge on any atom is 0.121 e. The summed E-state index contributed by atoms with van der Waals surface area (Å²) >= 11 is 0. The van der Waals surface area contributed by atoms with Crippen molar-refractivity contribution < 1.29 is 4.79 Å². The molecule has 0 aromatic rings. The maximum absolute atomic E-state index is 9.92. The summed E-state index contributed by atoms with van der Waals surface area (Å²) in [4.78, 5) is 12.2. The predicted octanol–water partition coefficient (Wildman–Crippen LogP) is 0.280. The van der Waals surface area contributed by atoms with Crippen LogP contribution >= 0.6 is 0 Å². The Morgan fingerprint density at radius 2 is 2.38 bits per heavy atom. The van der Waals surface area contributed by atoms with Crippen molar-refractivity contribution in [2.45, 2.75) is 19.4 Å². The van der Waals surface area contributed by atoms with E-state index in [0.717, 1.165) is 6.29 Å². The van der Waals surface area contributed by atoms with Crippen LogP contribution in [-0.4, -0.2) is 30.3 Å². The normalized spacial score (nSPS) is 22.6. The first-order valence-corrected chi connectivity index (χ1v) is 3.02. The topological polar surface area (TPSA) is 20.1 Å². The molecule has 0 aliphatic carbocycles. The molecule has 1 heterocycles. The van der Waals surface area contributed by atoms with E-state index in [1.807, 2.05) is 0 Å². The summed E-state index contributed by atoms with van der Waals surface area (Å²) < 4.78 is 0. The molecular formula is C6H11NO. The molecule has 0 amide bonds. The van der Waals surface area contributed by atoms with Crippen LogP contribution in [0, 0.1) is 0 Å². The summed E-state index contributed by atoms with van der Waals surface area (Å²) in [5.74, 6) is 0. The fourth-order valence-electron chi connectivity index (χ4n) is 0.787.